The second-order valence-corrected chi connectivity index (χ2v) is 6.68. The fraction of sp³-hybridized carbons (Fsp3) is 0.538. The van der Waals surface area contributed by atoms with Crippen molar-refractivity contribution in [2.75, 3.05) is 20.6 Å². The number of nitrogens with zero attached hydrogens (tertiary/aromatic N) is 1. The highest BCUT2D eigenvalue weighted by atomic mass is 32.2. The molecule has 0 heterocycles. The van der Waals surface area contributed by atoms with Crippen LogP contribution in [0.4, 0.5) is 0 Å². The molecule has 4 nitrogen and oxygen atoms in total. The van der Waals surface area contributed by atoms with Gasteiger partial charge in [-0.1, -0.05) is 25.1 Å². The lowest BCUT2D eigenvalue weighted by molar-refractivity contribution is 0.516. The first-order chi connectivity index (χ1) is 8.39. The summed E-state index contributed by atoms with van der Waals surface area (Å²) in [4.78, 5) is 0.403. The topological polar surface area (TPSA) is 49.4 Å². The first kappa shape index (κ1) is 15.1. The smallest absolute Gasteiger partial charge is 0.242 e. The van der Waals surface area contributed by atoms with Crippen LogP contribution >= 0.6 is 0 Å². The van der Waals surface area contributed by atoms with Gasteiger partial charge in [-0.3, -0.25) is 0 Å². The van der Waals surface area contributed by atoms with E-state index in [0.29, 0.717) is 11.3 Å². The predicted molar refractivity (Wildman–Crippen MR) is 74.2 cm³/mol. The quantitative estimate of drug-likeness (QED) is 0.852. The number of rotatable bonds is 6. The van der Waals surface area contributed by atoms with E-state index in [1.54, 1.807) is 26.2 Å². The number of nitrogens with one attached hydrogen (secondary N) is 1. The Bertz CT molecular complexity index is 484. The van der Waals surface area contributed by atoms with Crippen LogP contribution in [0.15, 0.2) is 29.2 Å². The van der Waals surface area contributed by atoms with Crippen LogP contribution in [-0.2, 0) is 16.4 Å². The Morgan fingerprint density at radius 1 is 1.28 bits per heavy atom. The van der Waals surface area contributed by atoms with Crippen molar-refractivity contribution in [3.63, 3.8) is 0 Å². The number of benzene rings is 1. The number of hydrogen-bond donors (Lipinski definition) is 1. The van der Waals surface area contributed by atoms with E-state index in [9.17, 15) is 8.42 Å². The summed E-state index contributed by atoms with van der Waals surface area (Å²) in [5.74, 6) is 0. The Kier molecular flexibility index (Phi) is 5.31. The van der Waals surface area contributed by atoms with Gasteiger partial charge >= 0.3 is 0 Å². The molecule has 0 aliphatic heterocycles. The molecule has 0 saturated carbocycles. The summed E-state index contributed by atoms with van der Waals surface area (Å²) in [5, 5.41) is 3.29. The van der Waals surface area contributed by atoms with Gasteiger partial charge in [0.25, 0.3) is 0 Å². The summed E-state index contributed by atoms with van der Waals surface area (Å²) in [6, 6.07) is 7.45. The zero-order valence-electron chi connectivity index (χ0n) is 11.5. The van der Waals surface area contributed by atoms with E-state index in [0.717, 1.165) is 12.1 Å². The van der Waals surface area contributed by atoms with E-state index in [2.05, 4.69) is 12.2 Å². The average Bonchev–Trinajstić information content (AvgIpc) is 2.29. The molecule has 0 spiro atoms. The Morgan fingerprint density at radius 3 is 2.44 bits per heavy atom. The summed E-state index contributed by atoms with van der Waals surface area (Å²) in [6.45, 7) is 4.98. The van der Waals surface area contributed by atoms with Gasteiger partial charge in [0.05, 0.1) is 4.90 Å². The van der Waals surface area contributed by atoms with Gasteiger partial charge in [0, 0.05) is 20.1 Å². The maximum absolute atomic E-state index is 12.2. The van der Waals surface area contributed by atoms with Gasteiger partial charge in [-0.25, -0.2) is 12.7 Å². The largest absolute Gasteiger partial charge is 0.314 e. The molecule has 102 valence electrons. The minimum absolute atomic E-state index is 0.258. The lowest BCUT2D eigenvalue weighted by Gasteiger charge is -2.18. The van der Waals surface area contributed by atoms with Crippen molar-refractivity contribution in [1.82, 2.24) is 9.62 Å². The zero-order valence-corrected chi connectivity index (χ0v) is 12.3. The van der Waals surface area contributed by atoms with Crippen molar-refractivity contribution in [3.8, 4) is 0 Å². The first-order valence-electron chi connectivity index (χ1n) is 6.13. The normalized spacial score (nSPS) is 13.8. The summed E-state index contributed by atoms with van der Waals surface area (Å²) in [6.07, 6.45) is 0.705. The second-order valence-electron chi connectivity index (χ2n) is 4.56. The molecule has 0 saturated heterocycles. The molecule has 0 fully saturated rings. The van der Waals surface area contributed by atoms with Crippen LogP contribution in [0.5, 0.6) is 0 Å². The molecule has 0 aromatic heterocycles. The van der Waals surface area contributed by atoms with Crippen molar-refractivity contribution in [3.05, 3.63) is 29.8 Å². The molecule has 1 aromatic carbocycles. The molecule has 0 amide bonds. The van der Waals surface area contributed by atoms with E-state index in [4.69, 9.17) is 0 Å². The van der Waals surface area contributed by atoms with Gasteiger partial charge in [-0.2, -0.15) is 0 Å². The van der Waals surface area contributed by atoms with Crippen molar-refractivity contribution in [2.45, 2.75) is 31.2 Å². The maximum Gasteiger partial charge on any atom is 0.242 e. The van der Waals surface area contributed by atoms with Crippen molar-refractivity contribution in [1.29, 1.82) is 0 Å². The summed E-state index contributed by atoms with van der Waals surface area (Å²) in [7, 11) is -0.252. The first-order valence-corrected chi connectivity index (χ1v) is 7.57. The van der Waals surface area contributed by atoms with Crippen molar-refractivity contribution in [2.24, 2.45) is 0 Å². The Balaban J connectivity index is 3.08. The molecule has 5 heteroatoms. The Hall–Kier alpha value is -0.910. The average molecular weight is 270 g/mol. The lowest BCUT2D eigenvalue weighted by atomic mass is 10.1. The molecule has 0 bridgehead atoms. The summed E-state index contributed by atoms with van der Waals surface area (Å²) < 4.78 is 25.6. The minimum Gasteiger partial charge on any atom is -0.314 e. The van der Waals surface area contributed by atoms with E-state index in [-0.39, 0.29) is 6.04 Å². The van der Waals surface area contributed by atoms with Gasteiger partial charge in [-0.05, 0) is 31.5 Å². The van der Waals surface area contributed by atoms with Crippen LogP contribution < -0.4 is 5.32 Å². The van der Waals surface area contributed by atoms with Crippen LogP contribution in [0.2, 0.25) is 0 Å². The minimum atomic E-state index is -3.36. The van der Waals surface area contributed by atoms with Gasteiger partial charge < -0.3 is 5.32 Å². The van der Waals surface area contributed by atoms with Crippen LogP contribution in [-0.4, -0.2) is 39.4 Å². The molecule has 1 unspecified atom stereocenters. The Morgan fingerprint density at radius 2 is 1.89 bits per heavy atom. The SMILES string of the molecule is CCNC(C)Cc1ccccc1S(=O)(=O)N(C)C. The van der Waals surface area contributed by atoms with E-state index >= 15 is 0 Å². The number of hydrogen-bond acceptors (Lipinski definition) is 3. The predicted octanol–water partition coefficient (Wildman–Crippen LogP) is 1.48. The summed E-state index contributed by atoms with van der Waals surface area (Å²) in [5.41, 5.74) is 0.861. The van der Waals surface area contributed by atoms with Gasteiger partial charge in [0.1, 0.15) is 0 Å². The number of likely N-dealkylation sites (N-methyl/N-ethyl adjacent to an activating group) is 1. The fourth-order valence-electron chi connectivity index (χ4n) is 1.87. The van der Waals surface area contributed by atoms with E-state index < -0.39 is 10.0 Å². The lowest BCUT2D eigenvalue weighted by Crippen LogP contribution is -2.29. The zero-order chi connectivity index (χ0) is 13.8. The molecule has 1 N–H and O–H groups in total. The van der Waals surface area contributed by atoms with Crippen LogP contribution in [0.3, 0.4) is 0 Å². The van der Waals surface area contributed by atoms with E-state index in [1.807, 2.05) is 19.1 Å². The molecule has 1 aromatic rings. The molecule has 0 aliphatic carbocycles. The van der Waals surface area contributed by atoms with Crippen LogP contribution in [0, 0.1) is 0 Å². The highest BCUT2D eigenvalue weighted by Crippen LogP contribution is 2.19. The molecule has 1 atom stereocenters. The van der Waals surface area contributed by atoms with Crippen molar-refractivity contribution >= 4 is 10.0 Å². The second kappa shape index (κ2) is 6.31. The van der Waals surface area contributed by atoms with Gasteiger partial charge in [0.15, 0.2) is 0 Å². The monoisotopic (exact) mass is 270 g/mol. The van der Waals surface area contributed by atoms with Crippen LogP contribution in [0.25, 0.3) is 0 Å². The van der Waals surface area contributed by atoms with E-state index in [1.165, 1.54) is 4.31 Å². The van der Waals surface area contributed by atoms with Crippen LogP contribution in [0.1, 0.15) is 19.4 Å². The third kappa shape index (κ3) is 3.54. The summed E-state index contributed by atoms with van der Waals surface area (Å²) >= 11 is 0. The highest BCUT2D eigenvalue weighted by Gasteiger charge is 2.21. The Labute approximate surface area is 110 Å². The molecule has 18 heavy (non-hydrogen) atoms. The maximum atomic E-state index is 12.2. The van der Waals surface area contributed by atoms with Gasteiger partial charge in [0.2, 0.25) is 10.0 Å². The standard InChI is InChI=1S/C13H22N2O2S/c1-5-14-11(2)10-12-8-6-7-9-13(12)18(16,17)15(3)4/h6-9,11,14H,5,10H2,1-4H3. The molecule has 0 radical (unpaired) electrons. The fourth-order valence-corrected chi connectivity index (χ4v) is 3.00. The third-order valence-electron chi connectivity index (χ3n) is 2.81. The highest BCUT2D eigenvalue weighted by molar-refractivity contribution is 7.89. The molecule has 1 rings (SSSR count). The molecular formula is C13H22N2O2S. The molecular weight excluding hydrogens is 248 g/mol. The number of sulfonamides is 1. The third-order valence-corrected chi connectivity index (χ3v) is 4.73. The van der Waals surface area contributed by atoms with Gasteiger partial charge in [-0.15, -0.1) is 0 Å². The van der Waals surface area contributed by atoms with Crippen molar-refractivity contribution < 1.29 is 8.42 Å². The molecule has 0 aliphatic rings.